The summed E-state index contributed by atoms with van der Waals surface area (Å²) >= 11 is 0. The van der Waals surface area contributed by atoms with Crippen LogP contribution in [-0.2, 0) is 4.79 Å². The van der Waals surface area contributed by atoms with E-state index in [9.17, 15) is 4.79 Å². The van der Waals surface area contributed by atoms with Crippen LogP contribution in [-0.4, -0.2) is 35.6 Å². The lowest BCUT2D eigenvalue weighted by atomic mass is 10.0. The van der Waals surface area contributed by atoms with Crippen LogP contribution in [0.2, 0.25) is 0 Å². The van der Waals surface area contributed by atoms with Crippen molar-refractivity contribution in [3.63, 3.8) is 0 Å². The first-order chi connectivity index (χ1) is 7.02. The van der Waals surface area contributed by atoms with E-state index in [0.717, 1.165) is 6.42 Å². The van der Waals surface area contributed by atoms with Gasteiger partial charge in [0.2, 0.25) is 0 Å². The van der Waals surface area contributed by atoms with E-state index in [4.69, 9.17) is 5.11 Å². The molecule has 0 aromatic carbocycles. The topological polar surface area (TPSA) is 40.5 Å². The van der Waals surface area contributed by atoms with E-state index in [-0.39, 0.29) is 5.92 Å². The molecule has 1 N–H and O–H groups in total. The standard InChI is InChI=1S/C12H25NO2/c1-5-7-8-11(6-2)13(4)9-10(3)12(14)15/h10-11H,5-9H2,1-4H3,(H,14,15). The molecule has 0 heterocycles. The van der Waals surface area contributed by atoms with Crippen molar-refractivity contribution in [2.45, 2.75) is 52.5 Å². The molecular formula is C12H25NO2. The Morgan fingerprint density at radius 3 is 2.40 bits per heavy atom. The fourth-order valence-electron chi connectivity index (χ4n) is 1.84. The molecule has 0 aromatic rings. The smallest absolute Gasteiger partial charge is 0.307 e. The minimum atomic E-state index is -0.702. The summed E-state index contributed by atoms with van der Waals surface area (Å²) in [4.78, 5) is 12.9. The van der Waals surface area contributed by atoms with E-state index in [1.807, 2.05) is 7.05 Å². The molecule has 2 atom stereocenters. The maximum absolute atomic E-state index is 10.7. The Balaban J connectivity index is 4.02. The summed E-state index contributed by atoms with van der Waals surface area (Å²) in [5.74, 6) is -0.974. The second-order valence-electron chi connectivity index (χ2n) is 4.38. The number of hydrogen-bond donors (Lipinski definition) is 1. The van der Waals surface area contributed by atoms with Crippen molar-refractivity contribution < 1.29 is 9.90 Å². The fraction of sp³-hybridized carbons (Fsp3) is 0.917. The number of carboxylic acid groups (broad SMARTS) is 1. The minimum Gasteiger partial charge on any atom is -0.481 e. The van der Waals surface area contributed by atoms with Gasteiger partial charge < -0.3 is 10.0 Å². The van der Waals surface area contributed by atoms with Crippen LogP contribution in [0.15, 0.2) is 0 Å². The molecule has 0 aliphatic heterocycles. The molecule has 0 bridgehead atoms. The van der Waals surface area contributed by atoms with Crippen LogP contribution >= 0.6 is 0 Å². The average Bonchev–Trinajstić information content (AvgIpc) is 2.18. The van der Waals surface area contributed by atoms with Crippen LogP contribution in [0.4, 0.5) is 0 Å². The Kier molecular flexibility index (Phi) is 7.39. The third-order valence-electron chi connectivity index (χ3n) is 2.97. The molecule has 0 aromatic heterocycles. The zero-order chi connectivity index (χ0) is 11.8. The molecule has 0 spiro atoms. The van der Waals surface area contributed by atoms with E-state index < -0.39 is 5.97 Å². The highest BCUT2D eigenvalue weighted by Crippen LogP contribution is 2.12. The molecule has 0 radical (unpaired) electrons. The monoisotopic (exact) mass is 215 g/mol. The summed E-state index contributed by atoms with van der Waals surface area (Å²) in [6, 6.07) is 0.534. The van der Waals surface area contributed by atoms with Gasteiger partial charge in [0.05, 0.1) is 5.92 Å². The first kappa shape index (κ1) is 14.4. The molecule has 0 rings (SSSR count). The summed E-state index contributed by atoms with van der Waals surface area (Å²) in [5, 5.41) is 8.83. The van der Waals surface area contributed by atoms with Gasteiger partial charge in [-0.1, -0.05) is 33.6 Å². The summed E-state index contributed by atoms with van der Waals surface area (Å²) in [6.07, 6.45) is 4.71. The largest absolute Gasteiger partial charge is 0.481 e. The van der Waals surface area contributed by atoms with Gasteiger partial charge in [-0.05, 0) is 19.9 Å². The highest BCUT2D eigenvalue weighted by Gasteiger charge is 2.18. The Morgan fingerprint density at radius 1 is 1.40 bits per heavy atom. The van der Waals surface area contributed by atoms with Crippen molar-refractivity contribution in [2.24, 2.45) is 5.92 Å². The van der Waals surface area contributed by atoms with E-state index in [1.54, 1.807) is 6.92 Å². The van der Waals surface area contributed by atoms with Gasteiger partial charge >= 0.3 is 5.97 Å². The van der Waals surface area contributed by atoms with Crippen LogP contribution in [0.3, 0.4) is 0 Å². The maximum Gasteiger partial charge on any atom is 0.307 e. The van der Waals surface area contributed by atoms with Gasteiger partial charge in [0.1, 0.15) is 0 Å². The number of aliphatic carboxylic acids is 1. The highest BCUT2D eigenvalue weighted by molar-refractivity contribution is 5.69. The number of carboxylic acids is 1. The van der Waals surface area contributed by atoms with Crippen LogP contribution in [0, 0.1) is 5.92 Å². The highest BCUT2D eigenvalue weighted by atomic mass is 16.4. The van der Waals surface area contributed by atoms with Gasteiger partial charge in [0, 0.05) is 12.6 Å². The van der Waals surface area contributed by atoms with E-state index >= 15 is 0 Å². The molecule has 0 amide bonds. The predicted octanol–water partition coefficient (Wildman–Crippen LogP) is 2.61. The minimum absolute atomic E-state index is 0.273. The lowest BCUT2D eigenvalue weighted by Gasteiger charge is -2.28. The fourth-order valence-corrected chi connectivity index (χ4v) is 1.84. The Labute approximate surface area is 93.5 Å². The summed E-state index contributed by atoms with van der Waals surface area (Å²) < 4.78 is 0. The molecule has 2 unspecified atom stereocenters. The molecule has 0 saturated carbocycles. The first-order valence-electron chi connectivity index (χ1n) is 5.95. The molecule has 3 nitrogen and oxygen atoms in total. The SMILES string of the molecule is CCCCC(CC)N(C)CC(C)C(=O)O. The van der Waals surface area contributed by atoms with Gasteiger partial charge in [0.15, 0.2) is 0 Å². The normalized spacial score (nSPS) is 15.3. The van der Waals surface area contributed by atoms with E-state index in [2.05, 4.69) is 18.7 Å². The third kappa shape index (κ3) is 5.78. The number of carbonyl (C=O) groups is 1. The van der Waals surface area contributed by atoms with Crippen molar-refractivity contribution in [2.75, 3.05) is 13.6 Å². The van der Waals surface area contributed by atoms with Crippen molar-refractivity contribution in [1.29, 1.82) is 0 Å². The van der Waals surface area contributed by atoms with Crippen molar-refractivity contribution in [1.82, 2.24) is 4.90 Å². The molecular weight excluding hydrogens is 190 g/mol. The predicted molar refractivity (Wildman–Crippen MR) is 63.0 cm³/mol. The van der Waals surface area contributed by atoms with Gasteiger partial charge in [-0.15, -0.1) is 0 Å². The van der Waals surface area contributed by atoms with Crippen LogP contribution in [0.1, 0.15) is 46.5 Å². The zero-order valence-electron chi connectivity index (χ0n) is 10.5. The van der Waals surface area contributed by atoms with Crippen molar-refractivity contribution in [3.8, 4) is 0 Å². The Morgan fingerprint density at radius 2 is 2.00 bits per heavy atom. The Hall–Kier alpha value is -0.570. The summed E-state index contributed by atoms with van der Waals surface area (Å²) in [7, 11) is 2.03. The Bertz CT molecular complexity index is 182. The zero-order valence-corrected chi connectivity index (χ0v) is 10.5. The average molecular weight is 215 g/mol. The van der Waals surface area contributed by atoms with E-state index in [0.29, 0.717) is 12.6 Å². The lowest BCUT2D eigenvalue weighted by Crippen LogP contribution is -2.36. The molecule has 3 heteroatoms. The third-order valence-corrected chi connectivity index (χ3v) is 2.97. The molecule has 15 heavy (non-hydrogen) atoms. The van der Waals surface area contributed by atoms with Gasteiger partial charge in [-0.3, -0.25) is 4.79 Å². The van der Waals surface area contributed by atoms with Crippen LogP contribution in [0.25, 0.3) is 0 Å². The molecule has 0 aliphatic rings. The number of rotatable bonds is 8. The number of unbranched alkanes of at least 4 members (excludes halogenated alkanes) is 1. The van der Waals surface area contributed by atoms with Gasteiger partial charge in [-0.2, -0.15) is 0 Å². The maximum atomic E-state index is 10.7. The van der Waals surface area contributed by atoms with Crippen LogP contribution < -0.4 is 0 Å². The quantitative estimate of drug-likeness (QED) is 0.676. The number of nitrogens with zero attached hydrogens (tertiary/aromatic N) is 1. The molecule has 90 valence electrons. The van der Waals surface area contributed by atoms with Crippen LogP contribution in [0.5, 0.6) is 0 Å². The second kappa shape index (κ2) is 7.69. The second-order valence-corrected chi connectivity index (χ2v) is 4.38. The molecule has 0 aliphatic carbocycles. The number of hydrogen-bond acceptors (Lipinski definition) is 2. The lowest BCUT2D eigenvalue weighted by molar-refractivity contribution is -0.141. The van der Waals surface area contributed by atoms with Crippen molar-refractivity contribution in [3.05, 3.63) is 0 Å². The van der Waals surface area contributed by atoms with Gasteiger partial charge in [0.25, 0.3) is 0 Å². The van der Waals surface area contributed by atoms with Crippen molar-refractivity contribution >= 4 is 5.97 Å². The van der Waals surface area contributed by atoms with Gasteiger partial charge in [-0.25, -0.2) is 0 Å². The molecule has 0 saturated heterocycles. The summed E-state index contributed by atoms with van der Waals surface area (Å²) in [6.45, 7) is 6.78. The van der Waals surface area contributed by atoms with E-state index in [1.165, 1.54) is 19.3 Å². The molecule has 0 fully saturated rings. The summed E-state index contributed by atoms with van der Waals surface area (Å²) in [5.41, 5.74) is 0. The first-order valence-corrected chi connectivity index (χ1v) is 5.95.